The molecule has 0 bridgehead atoms. The van der Waals surface area contributed by atoms with Crippen LogP contribution in [0.25, 0.3) is 33.3 Å². The van der Waals surface area contributed by atoms with Crippen LogP contribution in [0.2, 0.25) is 0 Å². The van der Waals surface area contributed by atoms with Gasteiger partial charge in [-0.1, -0.05) is 25.7 Å². The molecule has 4 aromatic heterocycles. The van der Waals surface area contributed by atoms with Gasteiger partial charge in [-0.15, -0.1) is 0 Å². The maximum absolute atomic E-state index is 6.10. The molecule has 1 saturated carbocycles. The minimum absolute atomic E-state index is 0.663. The molecule has 0 atom stereocenters. The van der Waals surface area contributed by atoms with E-state index in [0.717, 1.165) is 45.6 Å². The van der Waals surface area contributed by atoms with E-state index in [-0.39, 0.29) is 0 Å². The van der Waals surface area contributed by atoms with Gasteiger partial charge in [0.15, 0.2) is 0 Å². The first-order chi connectivity index (χ1) is 12.8. The lowest BCUT2D eigenvalue weighted by molar-refractivity contribution is 0.546. The van der Waals surface area contributed by atoms with E-state index in [9.17, 15) is 0 Å². The molecule has 0 spiro atoms. The quantitative estimate of drug-likeness (QED) is 0.494. The van der Waals surface area contributed by atoms with Crippen molar-refractivity contribution in [1.29, 1.82) is 0 Å². The molecular weight excluding hydrogens is 322 g/mol. The summed E-state index contributed by atoms with van der Waals surface area (Å²) in [6.45, 7) is 1.97. The predicted octanol–water partition coefficient (Wildman–Crippen LogP) is 5.48. The molecule has 4 heteroatoms. The zero-order chi connectivity index (χ0) is 17.5. The Morgan fingerprint density at radius 2 is 1.96 bits per heavy atom. The van der Waals surface area contributed by atoms with E-state index in [1.807, 2.05) is 31.6 Å². The normalized spacial score (nSPS) is 15.3. The van der Waals surface area contributed by atoms with Crippen LogP contribution >= 0.6 is 0 Å². The van der Waals surface area contributed by atoms with Crippen molar-refractivity contribution in [1.82, 2.24) is 15.0 Å². The fourth-order valence-corrected chi connectivity index (χ4v) is 4.14. The summed E-state index contributed by atoms with van der Waals surface area (Å²) in [6.07, 6.45) is 12.2. The maximum Gasteiger partial charge on any atom is 0.227 e. The zero-order valence-corrected chi connectivity index (χ0v) is 14.9. The molecule has 1 fully saturated rings. The van der Waals surface area contributed by atoms with Gasteiger partial charge in [-0.05, 0) is 49.1 Å². The molecule has 0 aliphatic heterocycles. The largest absolute Gasteiger partial charge is 0.437 e. The van der Waals surface area contributed by atoms with Crippen LogP contribution in [-0.4, -0.2) is 15.0 Å². The first kappa shape index (κ1) is 15.5. The molecule has 0 unspecified atom stereocenters. The molecule has 4 aromatic rings. The molecule has 5 rings (SSSR count). The number of nitrogens with zero attached hydrogens (tertiary/aromatic N) is 3. The first-order valence-electron chi connectivity index (χ1n) is 9.37. The number of hydrogen-bond acceptors (Lipinski definition) is 4. The molecule has 0 aromatic carbocycles. The van der Waals surface area contributed by atoms with E-state index in [1.54, 1.807) is 0 Å². The van der Waals surface area contributed by atoms with Gasteiger partial charge in [-0.25, -0.2) is 4.98 Å². The van der Waals surface area contributed by atoms with E-state index in [0.29, 0.717) is 5.71 Å². The number of aromatic nitrogens is 3. The summed E-state index contributed by atoms with van der Waals surface area (Å²) in [4.78, 5) is 13.6. The highest BCUT2D eigenvalue weighted by Crippen LogP contribution is 2.34. The van der Waals surface area contributed by atoms with E-state index in [4.69, 9.17) is 4.42 Å². The number of rotatable bonds is 3. The van der Waals surface area contributed by atoms with Crippen molar-refractivity contribution in [3.05, 3.63) is 54.1 Å². The van der Waals surface area contributed by atoms with E-state index in [2.05, 4.69) is 33.2 Å². The van der Waals surface area contributed by atoms with Crippen molar-refractivity contribution in [2.75, 3.05) is 0 Å². The third-order valence-corrected chi connectivity index (χ3v) is 5.48. The summed E-state index contributed by atoms with van der Waals surface area (Å²) in [6, 6.07) is 8.39. The summed E-state index contributed by atoms with van der Waals surface area (Å²) < 4.78 is 6.10. The third kappa shape index (κ3) is 2.66. The number of hydrogen-bond donors (Lipinski definition) is 0. The number of furan rings is 1. The lowest BCUT2D eigenvalue weighted by Gasteiger charge is -2.10. The van der Waals surface area contributed by atoms with Gasteiger partial charge >= 0.3 is 0 Å². The Hall–Kier alpha value is -2.75. The van der Waals surface area contributed by atoms with Crippen molar-refractivity contribution in [3.8, 4) is 11.3 Å². The first-order valence-corrected chi connectivity index (χ1v) is 9.37. The van der Waals surface area contributed by atoms with Crippen LogP contribution in [0.1, 0.15) is 36.9 Å². The van der Waals surface area contributed by atoms with Crippen LogP contribution in [0, 0.1) is 12.8 Å². The summed E-state index contributed by atoms with van der Waals surface area (Å²) >= 11 is 0. The van der Waals surface area contributed by atoms with Gasteiger partial charge in [0, 0.05) is 35.1 Å². The van der Waals surface area contributed by atoms with Crippen LogP contribution in [0.4, 0.5) is 0 Å². The molecular formula is C22H21N3O. The second-order valence-corrected chi connectivity index (χ2v) is 7.38. The highest BCUT2D eigenvalue weighted by Gasteiger charge is 2.17. The monoisotopic (exact) mass is 343 g/mol. The fraction of sp³-hybridized carbons (Fsp3) is 0.318. The lowest BCUT2D eigenvalue weighted by atomic mass is 9.97. The van der Waals surface area contributed by atoms with Gasteiger partial charge in [0.2, 0.25) is 5.71 Å². The van der Waals surface area contributed by atoms with E-state index >= 15 is 0 Å². The molecule has 1 aliphatic carbocycles. The van der Waals surface area contributed by atoms with Crippen molar-refractivity contribution in [2.45, 2.75) is 39.0 Å². The molecule has 26 heavy (non-hydrogen) atoms. The van der Waals surface area contributed by atoms with Crippen LogP contribution < -0.4 is 0 Å². The van der Waals surface area contributed by atoms with Gasteiger partial charge in [0.1, 0.15) is 5.58 Å². The summed E-state index contributed by atoms with van der Waals surface area (Å²) in [5.41, 5.74) is 5.64. The van der Waals surface area contributed by atoms with Gasteiger partial charge in [-0.2, -0.15) is 0 Å². The highest BCUT2D eigenvalue weighted by atomic mass is 16.3. The highest BCUT2D eigenvalue weighted by molar-refractivity contribution is 6.07. The minimum atomic E-state index is 0.663. The molecule has 1 aliphatic rings. The molecule has 0 amide bonds. The van der Waals surface area contributed by atoms with Crippen molar-refractivity contribution in [2.24, 2.45) is 5.92 Å². The van der Waals surface area contributed by atoms with Crippen LogP contribution in [0.3, 0.4) is 0 Å². The van der Waals surface area contributed by atoms with Gasteiger partial charge < -0.3 is 4.42 Å². The van der Waals surface area contributed by atoms with E-state index < -0.39 is 0 Å². The standard InChI is InChI=1S/C22H21N3O/c1-14-6-7-17-18-12-23-13-19(21(18)26-22(17)25-14)20-11-16(8-9-24-20)10-15-4-2-3-5-15/h6-9,11-13,15H,2-5,10H2,1H3. The second kappa shape index (κ2) is 6.20. The Morgan fingerprint density at radius 1 is 1.08 bits per heavy atom. The molecule has 130 valence electrons. The van der Waals surface area contributed by atoms with E-state index in [1.165, 1.54) is 31.2 Å². The Balaban J connectivity index is 1.61. The Kier molecular flexibility index (Phi) is 3.70. The summed E-state index contributed by atoms with van der Waals surface area (Å²) in [7, 11) is 0. The number of fused-ring (bicyclic) bond motifs is 3. The Labute approximate surface area is 152 Å². The number of aryl methyl sites for hydroxylation is 1. The van der Waals surface area contributed by atoms with Crippen LogP contribution in [-0.2, 0) is 6.42 Å². The van der Waals surface area contributed by atoms with Crippen molar-refractivity contribution >= 4 is 22.1 Å². The van der Waals surface area contributed by atoms with Gasteiger partial charge in [-0.3, -0.25) is 9.97 Å². The topological polar surface area (TPSA) is 51.8 Å². The molecule has 4 heterocycles. The van der Waals surface area contributed by atoms with Gasteiger partial charge in [0.25, 0.3) is 0 Å². The van der Waals surface area contributed by atoms with Crippen molar-refractivity contribution < 1.29 is 4.42 Å². The predicted molar refractivity (Wildman–Crippen MR) is 103 cm³/mol. The average Bonchev–Trinajstić information content (AvgIpc) is 3.28. The average molecular weight is 343 g/mol. The summed E-state index contributed by atoms with van der Waals surface area (Å²) in [5.74, 6) is 0.817. The van der Waals surface area contributed by atoms with Crippen molar-refractivity contribution in [3.63, 3.8) is 0 Å². The minimum Gasteiger partial charge on any atom is -0.437 e. The third-order valence-electron chi connectivity index (χ3n) is 5.48. The van der Waals surface area contributed by atoms with Crippen LogP contribution in [0.5, 0.6) is 0 Å². The molecule has 0 N–H and O–H groups in total. The molecule has 0 radical (unpaired) electrons. The smallest absolute Gasteiger partial charge is 0.227 e. The Morgan fingerprint density at radius 3 is 2.85 bits per heavy atom. The van der Waals surface area contributed by atoms with Crippen LogP contribution in [0.15, 0.2) is 47.3 Å². The maximum atomic E-state index is 6.10. The second-order valence-electron chi connectivity index (χ2n) is 7.38. The molecule has 4 nitrogen and oxygen atoms in total. The number of pyridine rings is 3. The summed E-state index contributed by atoms with van der Waals surface area (Å²) in [5, 5.41) is 2.00. The zero-order valence-electron chi connectivity index (χ0n) is 14.9. The SMILES string of the molecule is Cc1ccc2c(n1)oc1c(-c3cc(CC4CCCC4)ccn3)cncc12. The molecule has 0 saturated heterocycles. The Bertz CT molecular complexity index is 1090. The fourth-order valence-electron chi connectivity index (χ4n) is 4.14. The van der Waals surface area contributed by atoms with Gasteiger partial charge in [0.05, 0.1) is 11.3 Å². The lowest BCUT2D eigenvalue weighted by Crippen LogP contribution is -1.99.